The standard InChI is InChI=1S/C13H27F3O3SSi/c1-10(2)8-21(9-11(3)4,12(5,6)7)19-20(17,18)13(14,15)16/h10-11H,8-9H2,1-7H3. The van der Waals surface area contributed by atoms with Crippen LogP contribution in [0, 0.1) is 11.8 Å². The van der Waals surface area contributed by atoms with Gasteiger partial charge in [0.15, 0.2) is 0 Å². The van der Waals surface area contributed by atoms with Crippen LogP contribution in [0.4, 0.5) is 13.2 Å². The van der Waals surface area contributed by atoms with E-state index in [1.807, 2.05) is 27.7 Å². The van der Waals surface area contributed by atoms with Gasteiger partial charge < -0.3 is 3.87 Å². The maximum absolute atomic E-state index is 12.7. The molecule has 0 unspecified atom stereocenters. The van der Waals surface area contributed by atoms with Gasteiger partial charge in [0.2, 0.25) is 8.32 Å². The van der Waals surface area contributed by atoms with E-state index < -0.39 is 29.0 Å². The van der Waals surface area contributed by atoms with Gasteiger partial charge in [-0.05, 0) is 29.0 Å². The Morgan fingerprint density at radius 2 is 1.29 bits per heavy atom. The quantitative estimate of drug-likeness (QED) is 0.506. The van der Waals surface area contributed by atoms with Crippen molar-refractivity contribution < 1.29 is 25.5 Å². The minimum Gasteiger partial charge on any atom is -0.307 e. The summed E-state index contributed by atoms with van der Waals surface area (Å²) in [4.78, 5) is 0. The molecule has 0 atom stereocenters. The van der Waals surface area contributed by atoms with Crippen LogP contribution in [0.1, 0.15) is 48.5 Å². The molecule has 0 saturated heterocycles. The number of rotatable bonds is 6. The molecule has 0 fully saturated rings. The van der Waals surface area contributed by atoms with Gasteiger partial charge >= 0.3 is 15.6 Å². The van der Waals surface area contributed by atoms with Gasteiger partial charge in [0, 0.05) is 0 Å². The Hall–Kier alpha value is -0.0831. The second kappa shape index (κ2) is 6.58. The maximum atomic E-state index is 12.7. The maximum Gasteiger partial charge on any atom is 0.522 e. The van der Waals surface area contributed by atoms with Crippen molar-refractivity contribution in [2.75, 3.05) is 0 Å². The van der Waals surface area contributed by atoms with E-state index in [9.17, 15) is 21.6 Å². The third-order valence-corrected chi connectivity index (χ3v) is 11.8. The second-order valence-corrected chi connectivity index (χ2v) is 13.8. The lowest BCUT2D eigenvalue weighted by Gasteiger charge is -2.43. The van der Waals surface area contributed by atoms with E-state index >= 15 is 0 Å². The molecular formula is C13H27F3O3SSi. The summed E-state index contributed by atoms with van der Waals surface area (Å²) in [6, 6.07) is 0.758. The summed E-state index contributed by atoms with van der Waals surface area (Å²) in [7, 11) is -8.74. The molecule has 0 bridgehead atoms. The number of hydrogen-bond donors (Lipinski definition) is 0. The summed E-state index contributed by atoms with van der Waals surface area (Å²) in [5.41, 5.74) is -5.37. The normalized spacial score (nSPS) is 15.0. The summed E-state index contributed by atoms with van der Waals surface area (Å²) in [5.74, 6) is 0.135. The zero-order valence-corrected chi connectivity index (χ0v) is 15.7. The van der Waals surface area contributed by atoms with E-state index in [-0.39, 0.29) is 11.8 Å². The first-order valence-electron chi connectivity index (χ1n) is 7.06. The first-order valence-corrected chi connectivity index (χ1v) is 10.8. The summed E-state index contributed by atoms with van der Waals surface area (Å²) < 4.78 is 66.3. The molecule has 8 heteroatoms. The van der Waals surface area contributed by atoms with E-state index in [0.29, 0.717) is 12.1 Å². The highest BCUT2D eigenvalue weighted by Gasteiger charge is 2.57. The van der Waals surface area contributed by atoms with Crippen molar-refractivity contribution in [3.8, 4) is 0 Å². The summed E-state index contributed by atoms with van der Waals surface area (Å²) >= 11 is 0. The van der Waals surface area contributed by atoms with Crippen molar-refractivity contribution in [2.45, 2.75) is 71.1 Å². The topological polar surface area (TPSA) is 43.4 Å². The van der Waals surface area contributed by atoms with Crippen LogP contribution in [0.5, 0.6) is 0 Å². The van der Waals surface area contributed by atoms with Crippen molar-refractivity contribution in [3.05, 3.63) is 0 Å². The van der Waals surface area contributed by atoms with Gasteiger partial charge in [-0.3, -0.25) is 0 Å². The van der Waals surface area contributed by atoms with Gasteiger partial charge in [0.05, 0.1) is 0 Å². The average Bonchev–Trinajstić information content (AvgIpc) is 2.09. The lowest BCUT2D eigenvalue weighted by atomic mass is 10.2. The van der Waals surface area contributed by atoms with Crippen LogP contribution in [0.25, 0.3) is 0 Å². The lowest BCUT2D eigenvalue weighted by molar-refractivity contribution is -0.0506. The molecule has 0 amide bonds. The Morgan fingerprint density at radius 3 is 1.48 bits per heavy atom. The Bertz CT molecular complexity index is 427. The van der Waals surface area contributed by atoms with E-state index in [0.717, 1.165) is 0 Å². The van der Waals surface area contributed by atoms with Crippen molar-refractivity contribution in [2.24, 2.45) is 11.8 Å². The Morgan fingerprint density at radius 1 is 0.952 bits per heavy atom. The second-order valence-electron chi connectivity index (χ2n) is 7.42. The predicted molar refractivity (Wildman–Crippen MR) is 80.8 cm³/mol. The molecule has 3 nitrogen and oxygen atoms in total. The highest BCUT2D eigenvalue weighted by Crippen LogP contribution is 2.48. The zero-order chi connectivity index (χ0) is 17.3. The monoisotopic (exact) mass is 348 g/mol. The van der Waals surface area contributed by atoms with Gasteiger partial charge in [0.1, 0.15) is 0 Å². The first-order chi connectivity index (χ1) is 9.04. The van der Waals surface area contributed by atoms with Crippen molar-refractivity contribution in [1.82, 2.24) is 0 Å². The first kappa shape index (κ1) is 20.9. The lowest BCUT2D eigenvalue weighted by Crippen LogP contribution is -2.52. The molecule has 0 heterocycles. The van der Waals surface area contributed by atoms with Crippen LogP contribution in [0.2, 0.25) is 17.1 Å². The fraction of sp³-hybridized carbons (Fsp3) is 1.00. The van der Waals surface area contributed by atoms with Crippen LogP contribution in [0.15, 0.2) is 0 Å². The molecule has 0 N–H and O–H groups in total. The van der Waals surface area contributed by atoms with Gasteiger partial charge in [-0.2, -0.15) is 21.6 Å². The molecule has 0 rings (SSSR count). The molecule has 0 aromatic heterocycles. The number of alkyl halides is 3. The summed E-state index contributed by atoms with van der Waals surface area (Å²) in [6.07, 6.45) is 0. The molecular weight excluding hydrogens is 321 g/mol. The minimum atomic E-state index is -5.57. The van der Waals surface area contributed by atoms with Gasteiger partial charge in [0.25, 0.3) is 0 Å². The molecule has 21 heavy (non-hydrogen) atoms. The van der Waals surface area contributed by atoms with E-state index in [4.69, 9.17) is 3.87 Å². The van der Waals surface area contributed by atoms with Crippen molar-refractivity contribution >= 4 is 18.4 Å². The average molecular weight is 349 g/mol. The van der Waals surface area contributed by atoms with Crippen LogP contribution in [-0.2, 0) is 14.0 Å². The Balaban J connectivity index is 5.90. The molecule has 0 aromatic carbocycles. The van der Waals surface area contributed by atoms with E-state index in [1.165, 1.54) is 0 Å². The molecule has 0 saturated carbocycles. The van der Waals surface area contributed by atoms with Crippen LogP contribution in [-0.4, -0.2) is 22.2 Å². The molecule has 0 aromatic rings. The third kappa shape index (κ3) is 5.56. The highest BCUT2D eigenvalue weighted by atomic mass is 32.2. The summed E-state index contributed by atoms with van der Waals surface area (Å²) in [5, 5.41) is -0.611. The van der Waals surface area contributed by atoms with Crippen molar-refractivity contribution in [3.63, 3.8) is 0 Å². The van der Waals surface area contributed by atoms with E-state index in [1.54, 1.807) is 20.8 Å². The molecule has 0 radical (unpaired) electrons. The van der Waals surface area contributed by atoms with Gasteiger partial charge in [-0.15, -0.1) is 0 Å². The van der Waals surface area contributed by atoms with Gasteiger partial charge in [-0.25, -0.2) is 0 Å². The van der Waals surface area contributed by atoms with Crippen LogP contribution in [0.3, 0.4) is 0 Å². The molecule has 0 spiro atoms. The minimum absolute atomic E-state index is 0.0677. The predicted octanol–water partition coefficient (Wildman–Crippen LogP) is 4.91. The molecule has 128 valence electrons. The molecule has 0 aliphatic carbocycles. The van der Waals surface area contributed by atoms with Gasteiger partial charge in [-0.1, -0.05) is 48.5 Å². The van der Waals surface area contributed by atoms with Crippen LogP contribution < -0.4 is 0 Å². The Labute approximate surface area is 127 Å². The van der Waals surface area contributed by atoms with Crippen molar-refractivity contribution in [1.29, 1.82) is 0 Å². The molecule has 0 aliphatic heterocycles. The zero-order valence-electron chi connectivity index (χ0n) is 13.8. The fourth-order valence-electron chi connectivity index (χ4n) is 2.46. The van der Waals surface area contributed by atoms with E-state index in [2.05, 4.69) is 0 Å². The summed E-state index contributed by atoms with van der Waals surface area (Å²) in [6.45, 7) is 12.8. The number of hydrogen-bond acceptors (Lipinski definition) is 3. The Kier molecular flexibility index (Phi) is 6.55. The molecule has 0 aliphatic rings. The van der Waals surface area contributed by atoms with Crippen LogP contribution >= 0.6 is 0 Å². The smallest absolute Gasteiger partial charge is 0.307 e. The largest absolute Gasteiger partial charge is 0.522 e. The fourth-order valence-corrected chi connectivity index (χ4v) is 10.1. The SMILES string of the molecule is CC(C)C[Si](CC(C)C)(OS(=O)(=O)C(F)(F)F)C(C)(C)C. The number of halogens is 3. The highest BCUT2D eigenvalue weighted by molar-refractivity contribution is 7.88. The third-order valence-electron chi connectivity index (χ3n) is 3.40.